The van der Waals surface area contributed by atoms with E-state index in [1.807, 2.05) is 11.9 Å². The third-order valence-corrected chi connectivity index (χ3v) is 4.80. The van der Waals surface area contributed by atoms with E-state index < -0.39 is 0 Å². The number of esters is 1. The summed E-state index contributed by atoms with van der Waals surface area (Å²) in [5.74, 6) is -0.00294. The molecular formula is C18H37IN2O2. The van der Waals surface area contributed by atoms with Crippen LogP contribution in [-0.4, -0.2) is 67.1 Å². The molecule has 0 bridgehead atoms. The Bertz CT molecular complexity index is 307. The highest BCUT2D eigenvalue weighted by atomic mass is 127. The van der Waals surface area contributed by atoms with E-state index >= 15 is 0 Å². The SMILES string of the molecule is CCCCC(C)(CC)C(=O)OCCCN1CCN(C)CC1.CI. The molecule has 0 aliphatic carbocycles. The number of unbranched alkanes of at least 4 members (excludes halogenated alkanes) is 1. The molecule has 1 unspecified atom stereocenters. The molecule has 4 nitrogen and oxygen atoms in total. The zero-order valence-electron chi connectivity index (χ0n) is 15.9. The summed E-state index contributed by atoms with van der Waals surface area (Å²) in [4.78, 5) is 19.0. The number of carbonyl (C=O) groups excluding carboxylic acids is 1. The molecule has 1 atom stereocenters. The Balaban J connectivity index is 0.00000232. The average Bonchev–Trinajstić information content (AvgIpc) is 2.59. The van der Waals surface area contributed by atoms with Crippen LogP contribution in [0.15, 0.2) is 0 Å². The van der Waals surface area contributed by atoms with E-state index in [1.165, 1.54) is 0 Å². The fraction of sp³-hybridized carbons (Fsp3) is 0.944. The maximum Gasteiger partial charge on any atom is 0.311 e. The number of halogens is 1. The first-order valence-corrected chi connectivity index (χ1v) is 11.1. The Kier molecular flexibility index (Phi) is 13.5. The quantitative estimate of drug-likeness (QED) is 0.236. The van der Waals surface area contributed by atoms with Crippen LogP contribution in [0.1, 0.15) is 52.9 Å². The fourth-order valence-corrected chi connectivity index (χ4v) is 2.69. The largest absolute Gasteiger partial charge is 0.465 e. The van der Waals surface area contributed by atoms with Gasteiger partial charge in [0.15, 0.2) is 0 Å². The molecule has 5 heteroatoms. The van der Waals surface area contributed by atoms with Crippen molar-refractivity contribution in [1.29, 1.82) is 0 Å². The van der Waals surface area contributed by atoms with Gasteiger partial charge in [0.2, 0.25) is 0 Å². The highest BCUT2D eigenvalue weighted by molar-refractivity contribution is 14.1. The van der Waals surface area contributed by atoms with E-state index in [-0.39, 0.29) is 11.4 Å². The molecule has 1 saturated heterocycles. The minimum atomic E-state index is -0.288. The molecule has 0 amide bonds. The Morgan fingerprint density at radius 2 is 1.74 bits per heavy atom. The van der Waals surface area contributed by atoms with Crippen molar-refractivity contribution in [2.24, 2.45) is 5.41 Å². The highest BCUT2D eigenvalue weighted by Gasteiger charge is 2.32. The summed E-state index contributed by atoms with van der Waals surface area (Å²) in [6.07, 6.45) is 4.98. The molecule has 0 aromatic heterocycles. The predicted molar refractivity (Wildman–Crippen MR) is 107 cm³/mol. The molecule has 1 rings (SSSR count). The van der Waals surface area contributed by atoms with E-state index in [1.54, 1.807) is 0 Å². The fourth-order valence-electron chi connectivity index (χ4n) is 2.69. The zero-order valence-corrected chi connectivity index (χ0v) is 18.0. The summed E-state index contributed by atoms with van der Waals surface area (Å²) in [6.45, 7) is 12.5. The van der Waals surface area contributed by atoms with Crippen molar-refractivity contribution < 1.29 is 9.53 Å². The number of piperazine rings is 1. The van der Waals surface area contributed by atoms with Gasteiger partial charge in [0.25, 0.3) is 0 Å². The van der Waals surface area contributed by atoms with Gasteiger partial charge in [-0.3, -0.25) is 4.79 Å². The van der Waals surface area contributed by atoms with Crippen LogP contribution in [0, 0.1) is 5.41 Å². The van der Waals surface area contributed by atoms with Crippen LogP contribution >= 0.6 is 22.6 Å². The summed E-state index contributed by atoms with van der Waals surface area (Å²) in [6, 6.07) is 0. The van der Waals surface area contributed by atoms with Gasteiger partial charge in [-0.05, 0) is 38.2 Å². The Morgan fingerprint density at radius 3 is 2.26 bits per heavy atom. The number of nitrogens with zero attached hydrogens (tertiary/aromatic N) is 2. The minimum Gasteiger partial charge on any atom is -0.465 e. The van der Waals surface area contributed by atoms with Crippen molar-refractivity contribution in [2.75, 3.05) is 51.3 Å². The second-order valence-electron chi connectivity index (χ2n) is 6.65. The number of ether oxygens (including phenoxy) is 1. The Morgan fingerprint density at radius 1 is 1.13 bits per heavy atom. The van der Waals surface area contributed by atoms with Crippen molar-refractivity contribution in [2.45, 2.75) is 52.9 Å². The summed E-state index contributed by atoms with van der Waals surface area (Å²) in [5.41, 5.74) is -0.288. The van der Waals surface area contributed by atoms with Crippen LogP contribution in [0.3, 0.4) is 0 Å². The lowest BCUT2D eigenvalue weighted by Gasteiger charge is -2.32. The van der Waals surface area contributed by atoms with Gasteiger partial charge >= 0.3 is 5.97 Å². The van der Waals surface area contributed by atoms with Gasteiger partial charge in [0.05, 0.1) is 12.0 Å². The molecule has 0 aromatic rings. The second kappa shape index (κ2) is 13.4. The van der Waals surface area contributed by atoms with E-state index in [4.69, 9.17) is 4.74 Å². The molecule has 0 spiro atoms. The van der Waals surface area contributed by atoms with Gasteiger partial charge < -0.3 is 14.5 Å². The van der Waals surface area contributed by atoms with Gasteiger partial charge in [-0.1, -0.05) is 49.3 Å². The molecule has 1 fully saturated rings. The smallest absolute Gasteiger partial charge is 0.311 e. The monoisotopic (exact) mass is 440 g/mol. The van der Waals surface area contributed by atoms with E-state index in [0.29, 0.717) is 6.61 Å². The second-order valence-corrected chi connectivity index (χ2v) is 6.65. The van der Waals surface area contributed by atoms with Crippen LogP contribution in [-0.2, 0) is 9.53 Å². The third-order valence-electron chi connectivity index (χ3n) is 4.80. The first-order valence-electron chi connectivity index (χ1n) is 8.97. The molecule has 0 saturated carbocycles. The van der Waals surface area contributed by atoms with Crippen LogP contribution < -0.4 is 0 Å². The molecule has 1 aliphatic rings. The van der Waals surface area contributed by atoms with Crippen LogP contribution in [0.5, 0.6) is 0 Å². The van der Waals surface area contributed by atoms with E-state index in [2.05, 4.69) is 53.3 Å². The number of alkyl halides is 1. The normalized spacial score (nSPS) is 18.7. The predicted octanol–water partition coefficient (Wildman–Crippen LogP) is 3.82. The Labute approximate surface area is 157 Å². The summed E-state index contributed by atoms with van der Waals surface area (Å²) in [5, 5.41) is 0. The molecule has 1 aliphatic heterocycles. The van der Waals surface area contributed by atoms with Gasteiger partial charge in [0, 0.05) is 32.7 Å². The standard InChI is InChI=1S/C17H34N2O2.CH3I/c1-5-7-9-17(3,6-2)16(20)21-15-8-10-19-13-11-18(4)12-14-19;1-2/h5-15H2,1-4H3;1H3. The maximum absolute atomic E-state index is 12.3. The lowest BCUT2D eigenvalue weighted by atomic mass is 9.82. The van der Waals surface area contributed by atoms with Gasteiger partial charge in [-0.25, -0.2) is 0 Å². The topological polar surface area (TPSA) is 32.8 Å². The minimum absolute atomic E-state index is 0.00294. The third kappa shape index (κ3) is 9.25. The van der Waals surface area contributed by atoms with E-state index in [9.17, 15) is 4.79 Å². The Hall–Kier alpha value is 0.120. The van der Waals surface area contributed by atoms with Crippen molar-refractivity contribution in [3.63, 3.8) is 0 Å². The first kappa shape index (κ1) is 23.1. The molecule has 23 heavy (non-hydrogen) atoms. The molecule has 0 radical (unpaired) electrons. The van der Waals surface area contributed by atoms with Crippen LogP contribution in [0.4, 0.5) is 0 Å². The maximum atomic E-state index is 12.3. The molecular weight excluding hydrogens is 403 g/mol. The molecule has 1 heterocycles. The number of rotatable bonds is 9. The lowest BCUT2D eigenvalue weighted by molar-refractivity contribution is -0.156. The van der Waals surface area contributed by atoms with Crippen molar-refractivity contribution >= 4 is 28.6 Å². The average molecular weight is 440 g/mol. The van der Waals surface area contributed by atoms with Crippen LogP contribution in [0.2, 0.25) is 0 Å². The summed E-state index contributed by atoms with van der Waals surface area (Å²) >= 11 is 2.15. The number of likely N-dealkylation sites (N-methyl/N-ethyl adjacent to an activating group) is 1. The van der Waals surface area contributed by atoms with Crippen molar-refractivity contribution in [1.82, 2.24) is 9.80 Å². The zero-order chi connectivity index (χ0) is 17.7. The van der Waals surface area contributed by atoms with Gasteiger partial charge in [-0.15, -0.1) is 0 Å². The molecule has 0 N–H and O–H groups in total. The van der Waals surface area contributed by atoms with Crippen molar-refractivity contribution in [3.8, 4) is 0 Å². The lowest BCUT2D eigenvalue weighted by Crippen LogP contribution is -2.44. The molecule has 0 aromatic carbocycles. The summed E-state index contributed by atoms with van der Waals surface area (Å²) in [7, 11) is 2.17. The summed E-state index contributed by atoms with van der Waals surface area (Å²) < 4.78 is 5.53. The van der Waals surface area contributed by atoms with Crippen LogP contribution in [0.25, 0.3) is 0 Å². The van der Waals surface area contributed by atoms with Gasteiger partial charge in [-0.2, -0.15) is 0 Å². The number of hydrogen-bond acceptors (Lipinski definition) is 4. The first-order chi connectivity index (χ1) is 11.0. The number of hydrogen-bond donors (Lipinski definition) is 0. The highest BCUT2D eigenvalue weighted by Crippen LogP contribution is 2.29. The van der Waals surface area contributed by atoms with Gasteiger partial charge in [0.1, 0.15) is 0 Å². The molecule has 138 valence electrons. The number of carbonyl (C=O) groups is 1. The van der Waals surface area contributed by atoms with Crippen molar-refractivity contribution in [3.05, 3.63) is 0 Å². The van der Waals surface area contributed by atoms with E-state index in [0.717, 1.165) is 64.8 Å².